The van der Waals surface area contributed by atoms with Gasteiger partial charge in [0, 0.05) is 6.54 Å². The monoisotopic (exact) mass is 141 g/mol. The van der Waals surface area contributed by atoms with Crippen molar-refractivity contribution in [2.45, 2.75) is 13.8 Å². The first-order valence-electron chi connectivity index (χ1n) is 3.35. The molecule has 2 nitrogen and oxygen atoms in total. The van der Waals surface area contributed by atoms with Gasteiger partial charge in [-0.25, -0.2) is 0 Å². The third kappa shape index (κ3) is 5.51. The summed E-state index contributed by atoms with van der Waals surface area (Å²) < 4.78 is 0. The summed E-state index contributed by atoms with van der Waals surface area (Å²) in [5, 5.41) is 0. The van der Waals surface area contributed by atoms with E-state index in [1.54, 1.807) is 13.0 Å². The predicted octanol–water partition coefficient (Wildman–Crippen LogP) is 1.08. The number of carbonyl (C=O) groups is 1. The lowest BCUT2D eigenvalue weighted by atomic mass is 10.2. The fourth-order valence-corrected chi connectivity index (χ4v) is 0.891. The molecule has 0 saturated heterocycles. The molecule has 0 aromatic heterocycles. The van der Waals surface area contributed by atoms with E-state index in [0.29, 0.717) is 0 Å². The molecule has 0 heterocycles. The Morgan fingerprint density at radius 1 is 1.40 bits per heavy atom. The Labute approximate surface area is 62.5 Å². The molecule has 0 rings (SSSR count). The maximum Gasteiger partial charge on any atom is 0.152 e. The highest BCUT2D eigenvalue weighted by molar-refractivity contribution is 5.87. The largest absolute Gasteiger partial charge is 0.305 e. The average Bonchev–Trinajstić information content (AvgIpc) is 1.58. The van der Waals surface area contributed by atoms with Gasteiger partial charge in [-0.3, -0.25) is 4.79 Å². The lowest BCUT2D eigenvalue weighted by Gasteiger charge is -2.08. The Kier molecular flexibility index (Phi) is 3.96. The van der Waals surface area contributed by atoms with Crippen LogP contribution >= 0.6 is 0 Å². The second-order valence-corrected chi connectivity index (χ2v) is 2.84. The first kappa shape index (κ1) is 9.37. The van der Waals surface area contributed by atoms with Crippen LogP contribution in [-0.4, -0.2) is 31.3 Å². The van der Waals surface area contributed by atoms with Crippen molar-refractivity contribution in [2.75, 3.05) is 20.6 Å². The van der Waals surface area contributed by atoms with E-state index in [4.69, 9.17) is 0 Å². The summed E-state index contributed by atoms with van der Waals surface area (Å²) in [6.45, 7) is 4.39. The smallest absolute Gasteiger partial charge is 0.152 e. The Balaban J connectivity index is 3.83. The summed E-state index contributed by atoms with van der Waals surface area (Å²) in [5.41, 5.74) is 1.11. The molecule has 0 aliphatic rings. The molecule has 0 aromatic carbocycles. The highest BCUT2D eigenvalue weighted by Gasteiger charge is 1.92. The zero-order chi connectivity index (χ0) is 8.15. The molecule has 2 heteroatoms. The van der Waals surface area contributed by atoms with E-state index in [1.165, 1.54) is 0 Å². The summed E-state index contributed by atoms with van der Waals surface area (Å²) in [6, 6.07) is 0. The highest BCUT2D eigenvalue weighted by Crippen LogP contribution is 1.93. The number of hydrogen-bond donors (Lipinski definition) is 0. The van der Waals surface area contributed by atoms with Crippen molar-refractivity contribution in [1.82, 2.24) is 4.90 Å². The summed E-state index contributed by atoms with van der Waals surface area (Å²) in [6.07, 6.45) is 1.67. The summed E-state index contributed by atoms with van der Waals surface area (Å²) in [4.78, 5) is 12.6. The Morgan fingerprint density at radius 3 is 2.20 bits per heavy atom. The Morgan fingerprint density at radius 2 is 1.90 bits per heavy atom. The number of nitrogens with zero attached hydrogens (tertiary/aromatic N) is 1. The van der Waals surface area contributed by atoms with E-state index in [0.717, 1.165) is 12.1 Å². The summed E-state index contributed by atoms with van der Waals surface area (Å²) in [5.74, 6) is 0.124. The minimum absolute atomic E-state index is 0.124. The van der Waals surface area contributed by atoms with Gasteiger partial charge in [0.1, 0.15) is 0 Å². The Hall–Kier alpha value is -0.630. The van der Waals surface area contributed by atoms with Gasteiger partial charge in [0.05, 0.1) is 0 Å². The number of allylic oxidation sites excluding steroid dienone is 1. The van der Waals surface area contributed by atoms with Crippen molar-refractivity contribution in [3.8, 4) is 0 Å². The third-order valence-corrected chi connectivity index (χ3v) is 1.02. The lowest BCUT2D eigenvalue weighted by Crippen LogP contribution is -2.14. The molecule has 0 saturated carbocycles. The standard InChI is InChI=1S/C8H15NO/c1-7(5-8(2)10)6-9(3)4/h5H,6H2,1-4H3/b7-5+. The molecule has 0 radical (unpaired) electrons. The first-order valence-corrected chi connectivity index (χ1v) is 3.35. The van der Waals surface area contributed by atoms with Crippen LogP contribution in [0.2, 0.25) is 0 Å². The van der Waals surface area contributed by atoms with Gasteiger partial charge < -0.3 is 4.90 Å². The van der Waals surface area contributed by atoms with Gasteiger partial charge in [0.15, 0.2) is 5.78 Å². The van der Waals surface area contributed by atoms with Crippen LogP contribution in [0.1, 0.15) is 13.8 Å². The van der Waals surface area contributed by atoms with Crippen LogP contribution in [0.3, 0.4) is 0 Å². The minimum atomic E-state index is 0.124. The third-order valence-electron chi connectivity index (χ3n) is 1.02. The molecule has 0 aliphatic carbocycles. The fourth-order valence-electron chi connectivity index (χ4n) is 0.891. The molecule has 0 fully saturated rings. The van der Waals surface area contributed by atoms with Gasteiger partial charge in [-0.1, -0.05) is 5.57 Å². The van der Waals surface area contributed by atoms with Crippen molar-refractivity contribution in [1.29, 1.82) is 0 Å². The molecule has 0 bridgehead atoms. The van der Waals surface area contributed by atoms with Crippen LogP contribution in [0.4, 0.5) is 0 Å². The predicted molar refractivity (Wildman–Crippen MR) is 43.0 cm³/mol. The molecule has 0 amide bonds. The maximum atomic E-state index is 10.5. The van der Waals surface area contributed by atoms with Crippen molar-refractivity contribution >= 4 is 5.78 Å². The van der Waals surface area contributed by atoms with Gasteiger partial charge in [0.2, 0.25) is 0 Å². The normalized spacial score (nSPS) is 12.3. The second-order valence-electron chi connectivity index (χ2n) is 2.84. The van der Waals surface area contributed by atoms with E-state index in [9.17, 15) is 4.79 Å². The maximum absolute atomic E-state index is 10.5. The van der Waals surface area contributed by atoms with E-state index >= 15 is 0 Å². The molecule has 0 aliphatic heterocycles. The molecular formula is C8H15NO. The number of likely N-dealkylation sites (N-methyl/N-ethyl adjacent to an activating group) is 1. The molecule has 58 valence electrons. The van der Waals surface area contributed by atoms with E-state index < -0.39 is 0 Å². The van der Waals surface area contributed by atoms with Crippen molar-refractivity contribution in [3.63, 3.8) is 0 Å². The van der Waals surface area contributed by atoms with Gasteiger partial charge >= 0.3 is 0 Å². The number of ketones is 1. The van der Waals surface area contributed by atoms with E-state index in [2.05, 4.69) is 0 Å². The Bertz CT molecular complexity index is 147. The molecule has 0 aromatic rings. The average molecular weight is 141 g/mol. The summed E-state index contributed by atoms with van der Waals surface area (Å²) in [7, 11) is 3.97. The molecule has 0 N–H and O–H groups in total. The fraction of sp³-hybridized carbons (Fsp3) is 0.625. The van der Waals surface area contributed by atoms with Crippen LogP contribution in [0.5, 0.6) is 0 Å². The van der Waals surface area contributed by atoms with E-state index in [-0.39, 0.29) is 5.78 Å². The van der Waals surface area contributed by atoms with Crippen LogP contribution < -0.4 is 0 Å². The zero-order valence-corrected chi connectivity index (χ0v) is 7.14. The van der Waals surface area contributed by atoms with Crippen LogP contribution in [-0.2, 0) is 4.79 Å². The first-order chi connectivity index (χ1) is 4.52. The van der Waals surface area contributed by atoms with Gasteiger partial charge in [-0.2, -0.15) is 0 Å². The number of carbonyl (C=O) groups excluding carboxylic acids is 1. The summed E-state index contributed by atoms with van der Waals surface area (Å²) >= 11 is 0. The van der Waals surface area contributed by atoms with Gasteiger partial charge in [-0.15, -0.1) is 0 Å². The lowest BCUT2D eigenvalue weighted by molar-refractivity contribution is -0.112. The van der Waals surface area contributed by atoms with E-state index in [1.807, 2.05) is 25.9 Å². The highest BCUT2D eigenvalue weighted by atomic mass is 16.1. The molecule has 10 heavy (non-hydrogen) atoms. The number of rotatable bonds is 3. The van der Waals surface area contributed by atoms with Crippen LogP contribution in [0, 0.1) is 0 Å². The quantitative estimate of drug-likeness (QED) is 0.548. The van der Waals surface area contributed by atoms with Crippen molar-refractivity contribution in [2.24, 2.45) is 0 Å². The molecule has 0 spiro atoms. The van der Waals surface area contributed by atoms with Crippen molar-refractivity contribution in [3.05, 3.63) is 11.6 Å². The van der Waals surface area contributed by atoms with Gasteiger partial charge in [-0.05, 0) is 34.0 Å². The SMILES string of the molecule is CC(=O)/C=C(\C)CN(C)C. The van der Waals surface area contributed by atoms with Crippen LogP contribution in [0.15, 0.2) is 11.6 Å². The number of hydrogen-bond acceptors (Lipinski definition) is 2. The topological polar surface area (TPSA) is 20.3 Å². The zero-order valence-electron chi connectivity index (χ0n) is 7.14. The van der Waals surface area contributed by atoms with Crippen molar-refractivity contribution < 1.29 is 4.79 Å². The second kappa shape index (κ2) is 4.23. The van der Waals surface area contributed by atoms with Crippen LogP contribution in [0.25, 0.3) is 0 Å². The molecule has 0 unspecified atom stereocenters. The molecule has 0 atom stereocenters. The minimum Gasteiger partial charge on any atom is -0.305 e. The van der Waals surface area contributed by atoms with Gasteiger partial charge in [0.25, 0.3) is 0 Å². The molecular weight excluding hydrogens is 126 g/mol.